The second-order valence-corrected chi connectivity index (χ2v) is 8.09. The average Bonchev–Trinajstić information content (AvgIpc) is 2.91. The number of halogens is 6. The lowest BCUT2D eigenvalue weighted by Gasteiger charge is -2.18. The first-order valence-electron chi connectivity index (χ1n) is 10.9. The Morgan fingerprint density at radius 1 is 1.05 bits per heavy atom. The molecule has 38 heavy (non-hydrogen) atoms. The fraction of sp³-hybridized carbons (Fsp3) is 0.167. The molecule has 14 heteroatoms. The molecule has 0 aliphatic rings. The van der Waals surface area contributed by atoms with Crippen LogP contribution in [0.25, 0.3) is 0 Å². The third kappa shape index (κ3) is 6.54. The molecule has 0 saturated heterocycles. The van der Waals surface area contributed by atoms with E-state index in [1.807, 2.05) is 0 Å². The number of amides is 2. The Morgan fingerprint density at radius 3 is 2.50 bits per heavy atom. The summed E-state index contributed by atoms with van der Waals surface area (Å²) < 4.78 is 68.8. The lowest BCUT2D eigenvalue weighted by atomic mass is 10.1. The van der Waals surface area contributed by atoms with Crippen molar-refractivity contribution in [3.05, 3.63) is 83.8 Å². The van der Waals surface area contributed by atoms with Crippen molar-refractivity contribution in [2.75, 3.05) is 34.8 Å². The summed E-state index contributed by atoms with van der Waals surface area (Å²) in [5.74, 6) is -9.48. The third-order valence-electron chi connectivity index (χ3n) is 5.11. The Kier molecular flexibility index (Phi) is 9.18. The van der Waals surface area contributed by atoms with Crippen LogP contribution in [0.3, 0.4) is 0 Å². The van der Waals surface area contributed by atoms with E-state index in [9.17, 15) is 31.5 Å². The Bertz CT molecular complexity index is 1380. The summed E-state index contributed by atoms with van der Waals surface area (Å²) in [6, 6.07) is 5.81. The molecule has 2 amide bonds. The van der Waals surface area contributed by atoms with Crippen LogP contribution in [0.2, 0.25) is 0 Å². The smallest absolute Gasteiger partial charge is 0.254 e. The molecule has 0 aliphatic carbocycles. The van der Waals surface area contributed by atoms with Gasteiger partial charge in [-0.3, -0.25) is 14.0 Å². The van der Waals surface area contributed by atoms with Gasteiger partial charge in [0.15, 0.2) is 23.3 Å². The van der Waals surface area contributed by atoms with Gasteiger partial charge in [0.05, 0.1) is 11.3 Å². The molecule has 0 spiro atoms. The van der Waals surface area contributed by atoms with E-state index in [-0.39, 0.29) is 37.2 Å². The maximum atomic E-state index is 14.2. The number of likely N-dealkylation sites (N-methyl/N-ethyl adjacent to an activating group) is 1. The minimum atomic E-state index is -2.08. The van der Waals surface area contributed by atoms with Crippen LogP contribution in [0.15, 0.2) is 49.2 Å². The Morgan fingerprint density at radius 2 is 1.79 bits per heavy atom. The summed E-state index contributed by atoms with van der Waals surface area (Å²) in [5, 5.41) is 5.21. The lowest BCUT2D eigenvalue weighted by Crippen LogP contribution is -2.28. The Hall–Kier alpha value is -4.26. The highest BCUT2D eigenvalue weighted by Gasteiger charge is 2.23. The lowest BCUT2D eigenvalue weighted by molar-refractivity contribution is -0.113. The number of hydrogen-bond donors (Lipinski definition) is 2. The number of aromatic nitrogens is 2. The van der Waals surface area contributed by atoms with E-state index in [2.05, 4.69) is 27.2 Å². The zero-order valence-corrected chi connectivity index (χ0v) is 20.5. The normalized spacial score (nSPS) is 10.6. The number of anilines is 4. The minimum Gasteiger partial charge on any atom is -0.352 e. The molecule has 0 aliphatic heterocycles. The van der Waals surface area contributed by atoms with E-state index >= 15 is 0 Å². The van der Waals surface area contributed by atoms with Crippen LogP contribution < -0.4 is 20.0 Å². The van der Waals surface area contributed by atoms with Gasteiger partial charge in [-0.25, -0.2) is 26.9 Å². The minimum absolute atomic E-state index is 0.0150. The van der Waals surface area contributed by atoms with Crippen molar-refractivity contribution in [2.24, 2.45) is 0 Å². The topological polar surface area (TPSA) is 90.5 Å². The molecule has 3 rings (SSSR count). The number of hydrogen-bond acceptors (Lipinski definition) is 6. The first-order chi connectivity index (χ1) is 18.0. The molecule has 0 radical (unpaired) electrons. The fourth-order valence-electron chi connectivity index (χ4n) is 3.14. The van der Waals surface area contributed by atoms with Crippen molar-refractivity contribution in [1.29, 1.82) is 0 Å². The molecule has 0 unspecified atom stereocenters. The quantitative estimate of drug-likeness (QED) is 0.0930. The molecule has 0 atom stereocenters. The van der Waals surface area contributed by atoms with Crippen LogP contribution in [0.4, 0.5) is 45.1 Å². The maximum Gasteiger partial charge on any atom is 0.254 e. The van der Waals surface area contributed by atoms with Crippen molar-refractivity contribution < 1.29 is 31.5 Å². The van der Waals surface area contributed by atoms with Gasteiger partial charge < -0.3 is 15.5 Å². The van der Waals surface area contributed by atoms with E-state index in [0.717, 1.165) is 15.4 Å². The standard InChI is InChI=1S/C24H20ClF5N6O2/c1-3-19(37)35(2)17-11-13(5-6-15(17)26)33-18-7-9-32-24(34-18)36(25)10-4-8-31-23(38)14-12-16(27)21(29)22(30)20(14)28/h3,5-7,9,11-12H,1,4,8,10H2,2H3,(H,31,38)(H,32,33,34). The number of nitrogens with zero attached hydrogens (tertiary/aromatic N) is 4. The first kappa shape index (κ1) is 28.3. The van der Waals surface area contributed by atoms with E-state index < -0.39 is 46.5 Å². The molecule has 0 saturated carbocycles. The second-order valence-electron chi connectivity index (χ2n) is 7.68. The van der Waals surface area contributed by atoms with E-state index in [4.69, 9.17) is 11.8 Å². The van der Waals surface area contributed by atoms with Crippen LogP contribution in [0, 0.1) is 29.1 Å². The Labute approximate surface area is 218 Å². The average molecular weight is 555 g/mol. The van der Waals surface area contributed by atoms with Crippen molar-refractivity contribution in [2.45, 2.75) is 6.42 Å². The first-order valence-corrected chi connectivity index (χ1v) is 11.2. The van der Waals surface area contributed by atoms with Crippen molar-refractivity contribution in [1.82, 2.24) is 15.3 Å². The van der Waals surface area contributed by atoms with Gasteiger partial charge in [0.25, 0.3) is 5.91 Å². The molecular formula is C24H20ClF5N6O2. The van der Waals surface area contributed by atoms with Crippen LogP contribution >= 0.6 is 11.8 Å². The molecule has 1 heterocycles. The zero-order chi connectivity index (χ0) is 28.0. The number of rotatable bonds is 10. The number of carbonyl (C=O) groups excluding carboxylic acids is 2. The summed E-state index contributed by atoms with van der Waals surface area (Å²) in [6.45, 7) is 3.39. The van der Waals surface area contributed by atoms with Crippen LogP contribution in [0.5, 0.6) is 0 Å². The Balaban J connectivity index is 1.59. The monoisotopic (exact) mass is 554 g/mol. The van der Waals surface area contributed by atoms with Crippen LogP contribution in [0.1, 0.15) is 16.8 Å². The molecule has 200 valence electrons. The van der Waals surface area contributed by atoms with E-state index in [0.29, 0.717) is 11.5 Å². The van der Waals surface area contributed by atoms with Gasteiger partial charge in [-0.05, 0) is 42.8 Å². The van der Waals surface area contributed by atoms with Crippen LogP contribution in [-0.2, 0) is 4.79 Å². The van der Waals surface area contributed by atoms with Gasteiger partial charge in [0.2, 0.25) is 11.9 Å². The highest BCUT2D eigenvalue weighted by Crippen LogP contribution is 2.26. The van der Waals surface area contributed by atoms with Crippen molar-refractivity contribution in [3.63, 3.8) is 0 Å². The maximum absolute atomic E-state index is 14.2. The van der Waals surface area contributed by atoms with Crippen molar-refractivity contribution >= 4 is 46.7 Å². The van der Waals surface area contributed by atoms with Gasteiger partial charge in [0.1, 0.15) is 11.6 Å². The summed E-state index contributed by atoms with van der Waals surface area (Å²) in [6.07, 6.45) is 2.65. The molecule has 0 bridgehead atoms. The van der Waals surface area contributed by atoms with Crippen molar-refractivity contribution in [3.8, 4) is 0 Å². The molecule has 0 fully saturated rings. The predicted octanol–water partition coefficient (Wildman–Crippen LogP) is 4.84. The zero-order valence-electron chi connectivity index (χ0n) is 19.7. The van der Waals surface area contributed by atoms with E-state index in [1.165, 1.54) is 37.5 Å². The molecule has 2 N–H and O–H groups in total. The van der Waals surface area contributed by atoms with Gasteiger partial charge in [0, 0.05) is 43.8 Å². The largest absolute Gasteiger partial charge is 0.352 e. The molecule has 3 aromatic rings. The van der Waals surface area contributed by atoms with Gasteiger partial charge in [-0.1, -0.05) is 6.58 Å². The van der Waals surface area contributed by atoms with Gasteiger partial charge in [-0.2, -0.15) is 4.98 Å². The van der Waals surface area contributed by atoms with Crippen LogP contribution in [-0.4, -0.2) is 41.9 Å². The number of benzene rings is 2. The SMILES string of the molecule is C=CC(=O)N(C)c1cc(Nc2ccnc(N(Cl)CCCNC(=O)c3cc(F)c(F)c(F)c3F)n2)ccc1F. The molecular weight excluding hydrogens is 535 g/mol. The second kappa shape index (κ2) is 12.3. The molecule has 8 nitrogen and oxygen atoms in total. The predicted molar refractivity (Wildman–Crippen MR) is 132 cm³/mol. The summed E-state index contributed by atoms with van der Waals surface area (Å²) in [7, 11) is 1.40. The highest BCUT2D eigenvalue weighted by molar-refractivity contribution is 6.25. The summed E-state index contributed by atoms with van der Waals surface area (Å²) in [5.41, 5.74) is -0.545. The molecule has 2 aromatic carbocycles. The highest BCUT2D eigenvalue weighted by atomic mass is 35.5. The van der Waals surface area contributed by atoms with Gasteiger partial charge >= 0.3 is 0 Å². The molecule has 1 aromatic heterocycles. The van der Waals surface area contributed by atoms with Gasteiger partial charge in [-0.15, -0.1) is 0 Å². The summed E-state index contributed by atoms with van der Waals surface area (Å²) >= 11 is 6.20. The van der Waals surface area contributed by atoms with E-state index in [1.54, 1.807) is 0 Å². The third-order valence-corrected chi connectivity index (χ3v) is 5.43. The summed E-state index contributed by atoms with van der Waals surface area (Å²) in [4.78, 5) is 33.2. The number of carbonyl (C=O) groups is 2. The fourth-order valence-corrected chi connectivity index (χ4v) is 3.34. The number of nitrogens with one attached hydrogen (secondary N) is 2.